The maximum absolute atomic E-state index is 13.6. The number of nitrogens with zero attached hydrogens (tertiary/aromatic N) is 1. The molecule has 0 radical (unpaired) electrons. The van der Waals surface area contributed by atoms with Crippen molar-refractivity contribution in [3.63, 3.8) is 0 Å². The van der Waals surface area contributed by atoms with Crippen molar-refractivity contribution < 1.29 is 4.39 Å². The molecule has 1 aliphatic heterocycles. The Balaban J connectivity index is 2.08. The molecule has 1 unspecified atom stereocenters. The third kappa shape index (κ3) is 2.76. The van der Waals surface area contributed by atoms with E-state index in [-0.39, 0.29) is 5.82 Å². The Kier molecular flexibility index (Phi) is 4.22. The van der Waals surface area contributed by atoms with Crippen molar-refractivity contribution in [2.24, 2.45) is 0 Å². The highest BCUT2D eigenvalue weighted by atomic mass is 79.9. The molecule has 0 saturated carbocycles. The third-order valence-corrected chi connectivity index (χ3v) is 4.05. The van der Waals surface area contributed by atoms with E-state index in [1.807, 2.05) is 0 Å². The fourth-order valence-corrected chi connectivity index (χ4v) is 3.04. The molecule has 16 heavy (non-hydrogen) atoms. The Morgan fingerprint density at radius 2 is 2.31 bits per heavy atom. The maximum Gasteiger partial charge on any atom is 0.129 e. The standard InChI is InChI=1S/C12H14BrClFN/c13-7-11-2-1-5-16(11)8-9-3-4-10(14)6-12(9)15/h3-4,6,11H,1-2,5,7-8H2. The molecule has 1 aromatic carbocycles. The van der Waals surface area contributed by atoms with Gasteiger partial charge in [-0.15, -0.1) is 0 Å². The third-order valence-electron chi connectivity index (χ3n) is 3.07. The first kappa shape index (κ1) is 12.3. The quantitative estimate of drug-likeness (QED) is 0.767. The molecule has 4 heteroatoms. The lowest BCUT2D eigenvalue weighted by atomic mass is 10.2. The molecule has 2 rings (SSSR count). The SMILES string of the molecule is Fc1cc(Cl)ccc1CN1CCCC1CBr. The Bertz CT molecular complexity index is 372. The lowest BCUT2D eigenvalue weighted by molar-refractivity contribution is 0.261. The number of likely N-dealkylation sites (tertiary alicyclic amines) is 1. The molecule has 1 heterocycles. The highest BCUT2D eigenvalue weighted by Gasteiger charge is 2.23. The zero-order valence-corrected chi connectivity index (χ0v) is 11.3. The summed E-state index contributed by atoms with van der Waals surface area (Å²) < 4.78 is 13.6. The largest absolute Gasteiger partial charge is 0.295 e. The number of benzene rings is 1. The van der Waals surface area contributed by atoms with Crippen molar-refractivity contribution >= 4 is 27.5 Å². The van der Waals surface area contributed by atoms with Crippen LogP contribution in [0.5, 0.6) is 0 Å². The van der Waals surface area contributed by atoms with Gasteiger partial charge in [0.2, 0.25) is 0 Å². The summed E-state index contributed by atoms with van der Waals surface area (Å²) in [5.41, 5.74) is 0.734. The molecule has 1 aliphatic rings. The maximum atomic E-state index is 13.6. The average Bonchev–Trinajstić information content (AvgIpc) is 2.69. The van der Waals surface area contributed by atoms with Gasteiger partial charge in [0.05, 0.1) is 0 Å². The van der Waals surface area contributed by atoms with Gasteiger partial charge in [-0.2, -0.15) is 0 Å². The van der Waals surface area contributed by atoms with Crippen molar-refractivity contribution in [1.82, 2.24) is 4.90 Å². The summed E-state index contributed by atoms with van der Waals surface area (Å²) >= 11 is 9.23. The number of hydrogen-bond donors (Lipinski definition) is 0. The van der Waals surface area contributed by atoms with Crippen LogP contribution in [0.4, 0.5) is 4.39 Å². The normalized spacial score (nSPS) is 21.6. The van der Waals surface area contributed by atoms with Gasteiger partial charge < -0.3 is 0 Å². The van der Waals surface area contributed by atoms with Gasteiger partial charge in [0.15, 0.2) is 0 Å². The van der Waals surface area contributed by atoms with Crippen LogP contribution in [0, 0.1) is 5.82 Å². The lowest BCUT2D eigenvalue weighted by Crippen LogP contribution is -2.30. The summed E-state index contributed by atoms with van der Waals surface area (Å²) in [4.78, 5) is 2.32. The second-order valence-corrected chi connectivity index (χ2v) is 5.24. The lowest BCUT2D eigenvalue weighted by Gasteiger charge is -2.22. The van der Waals surface area contributed by atoms with Crippen LogP contribution in [0.3, 0.4) is 0 Å². The molecule has 1 saturated heterocycles. The zero-order chi connectivity index (χ0) is 11.5. The highest BCUT2D eigenvalue weighted by Crippen LogP contribution is 2.23. The zero-order valence-electron chi connectivity index (χ0n) is 8.93. The summed E-state index contributed by atoms with van der Waals surface area (Å²) in [7, 11) is 0. The van der Waals surface area contributed by atoms with E-state index in [0.717, 1.165) is 17.4 Å². The number of hydrogen-bond acceptors (Lipinski definition) is 1. The monoisotopic (exact) mass is 305 g/mol. The molecule has 0 bridgehead atoms. The summed E-state index contributed by atoms with van der Waals surface area (Å²) in [6.07, 6.45) is 2.39. The first-order chi connectivity index (χ1) is 7.70. The van der Waals surface area contributed by atoms with Crippen LogP contribution in [0.15, 0.2) is 18.2 Å². The van der Waals surface area contributed by atoms with Crippen molar-refractivity contribution in [3.8, 4) is 0 Å². The van der Waals surface area contributed by atoms with E-state index in [4.69, 9.17) is 11.6 Å². The van der Waals surface area contributed by atoms with E-state index in [1.165, 1.54) is 18.9 Å². The number of halogens is 3. The van der Waals surface area contributed by atoms with Gasteiger partial charge in [0.1, 0.15) is 5.82 Å². The van der Waals surface area contributed by atoms with E-state index in [2.05, 4.69) is 20.8 Å². The Hall–Kier alpha value is -0.120. The van der Waals surface area contributed by atoms with E-state index >= 15 is 0 Å². The van der Waals surface area contributed by atoms with E-state index in [1.54, 1.807) is 12.1 Å². The van der Waals surface area contributed by atoms with E-state index < -0.39 is 0 Å². The molecular weight excluding hydrogens is 292 g/mol. The summed E-state index contributed by atoms with van der Waals surface area (Å²) in [5, 5.41) is 1.42. The van der Waals surface area contributed by atoms with Gasteiger partial charge >= 0.3 is 0 Å². The fourth-order valence-electron chi connectivity index (χ4n) is 2.15. The smallest absolute Gasteiger partial charge is 0.129 e. The minimum Gasteiger partial charge on any atom is -0.295 e. The van der Waals surface area contributed by atoms with Crippen molar-refractivity contribution in [2.75, 3.05) is 11.9 Å². The van der Waals surface area contributed by atoms with Gasteiger partial charge in [-0.25, -0.2) is 4.39 Å². The second kappa shape index (κ2) is 5.48. The van der Waals surface area contributed by atoms with Crippen molar-refractivity contribution in [2.45, 2.75) is 25.4 Å². The molecule has 1 aromatic rings. The minimum atomic E-state index is -0.201. The van der Waals surface area contributed by atoms with Gasteiger partial charge in [0, 0.05) is 28.5 Å². The van der Waals surface area contributed by atoms with E-state index in [9.17, 15) is 4.39 Å². The van der Waals surface area contributed by atoms with Crippen molar-refractivity contribution in [1.29, 1.82) is 0 Å². The number of alkyl halides is 1. The molecule has 88 valence electrons. The number of rotatable bonds is 3. The molecule has 0 amide bonds. The molecule has 0 spiro atoms. The molecule has 1 atom stereocenters. The molecule has 0 N–H and O–H groups in total. The average molecular weight is 307 g/mol. The summed E-state index contributed by atoms with van der Waals surface area (Å²) in [6, 6.07) is 5.45. The fraction of sp³-hybridized carbons (Fsp3) is 0.500. The minimum absolute atomic E-state index is 0.201. The Labute approximate surface area is 109 Å². The Morgan fingerprint density at radius 1 is 1.50 bits per heavy atom. The first-order valence-corrected chi connectivity index (χ1v) is 6.94. The molecule has 0 aromatic heterocycles. The summed E-state index contributed by atoms with van der Waals surface area (Å²) in [5.74, 6) is -0.201. The van der Waals surface area contributed by atoms with Crippen LogP contribution < -0.4 is 0 Å². The summed E-state index contributed by atoms with van der Waals surface area (Å²) in [6.45, 7) is 1.73. The molecular formula is C12H14BrClFN. The van der Waals surface area contributed by atoms with Gasteiger partial charge in [-0.1, -0.05) is 33.6 Å². The first-order valence-electron chi connectivity index (χ1n) is 5.44. The predicted molar refractivity (Wildman–Crippen MR) is 68.6 cm³/mol. The molecule has 1 fully saturated rings. The van der Waals surface area contributed by atoms with Gasteiger partial charge in [-0.3, -0.25) is 4.90 Å². The van der Waals surface area contributed by atoms with Crippen LogP contribution in [0.2, 0.25) is 5.02 Å². The van der Waals surface area contributed by atoms with Crippen LogP contribution in [-0.4, -0.2) is 22.8 Å². The van der Waals surface area contributed by atoms with Gasteiger partial charge in [0.25, 0.3) is 0 Å². The topological polar surface area (TPSA) is 3.24 Å². The predicted octanol–water partition coefficient (Wildman–Crippen LogP) is 3.84. The second-order valence-electron chi connectivity index (χ2n) is 4.16. The highest BCUT2D eigenvalue weighted by molar-refractivity contribution is 9.09. The molecule has 1 nitrogen and oxygen atoms in total. The van der Waals surface area contributed by atoms with E-state index in [0.29, 0.717) is 17.6 Å². The van der Waals surface area contributed by atoms with Crippen LogP contribution in [0.25, 0.3) is 0 Å². The van der Waals surface area contributed by atoms with Gasteiger partial charge in [-0.05, 0) is 31.5 Å². The van der Waals surface area contributed by atoms with Crippen LogP contribution >= 0.6 is 27.5 Å². The van der Waals surface area contributed by atoms with Crippen molar-refractivity contribution in [3.05, 3.63) is 34.6 Å². The molecule has 0 aliphatic carbocycles. The van der Waals surface area contributed by atoms with Crippen LogP contribution in [-0.2, 0) is 6.54 Å². The Morgan fingerprint density at radius 3 is 3.00 bits per heavy atom. The van der Waals surface area contributed by atoms with Crippen LogP contribution in [0.1, 0.15) is 18.4 Å².